The molecule has 0 heterocycles. The van der Waals surface area contributed by atoms with Gasteiger partial charge in [0.15, 0.2) is 0 Å². The van der Waals surface area contributed by atoms with Gasteiger partial charge in [-0.05, 0) is 18.6 Å². The molecule has 0 rings (SSSR count). The second-order valence-corrected chi connectivity index (χ2v) is 4.50. The van der Waals surface area contributed by atoms with Gasteiger partial charge in [-0.3, -0.25) is 4.79 Å². The predicted octanol–water partition coefficient (Wildman–Crippen LogP) is 1.40. The molecule has 2 radical (unpaired) electrons. The molecule has 0 aliphatic carbocycles. The van der Waals surface area contributed by atoms with Crippen LogP contribution in [0.4, 0.5) is 0 Å². The van der Waals surface area contributed by atoms with E-state index in [-0.39, 0.29) is 12.1 Å². The summed E-state index contributed by atoms with van der Waals surface area (Å²) >= 11 is 1.70. The van der Waals surface area contributed by atoms with Crippen molar-refractivity contribution in [3.8, 4) is 0 Å². The lowest BCUT2D eigenvalue weighted by Crippen LogP contribution is -2.08. The van der Waals surface area contributed by atoms with E-state index in [0.717, 1.165) is 25.0 Å². The van der Waals surface area contributed by atoms with E-state index < -0.39 is 0 Å². The quantitative estimate of drug-likeness (QED) is 0.369. The number of esters is 1. The zero-order chi connectivity index (χ0) is 11.5. The summed E-state index contributed by atoms with van der Waals surface area (Å²) in [7, 11) is 6.68. The van der Waals surface area contributed by atoms with Crippen LogP contribution in [0.2, 0.25) is 6.32 Å². The van der Waals surface area contributed by atoms with E-state index in [1.165, 1.54) is 7.11 Å². The largest absolute Gasteiger partial charge is 0.469 e. The lowest BCUT2D eigenvalue weighted by Gasteiger charge is -2.06. The van der Waals surface area contributed by atoms with Gasteiger partial charge in [-0.15, -0.1) is 0 Å². The summed E-state index contributed by atoms with van der Waals surface area (Å²) in [5.41, 5.74) is 0. The van der Waals surface area contributed by atoms with Gasteiger partial charge in [0.05, 0.1) is 21.1 Å². The molecule has 3 nitrogen and oxygen atoms in total. The molecule has 0 aromatic heterocycles. The Morgan fingerprint density at radius 3 is 2.80 bits per heavy atom. The smallest absolute Gasteiger partial charge is 0.305 e. The van der Waals surface area contributed by atoms with E-state index in [9.17, 15) is 4.79 Å². The molecule has 0 amide bonds. The van der Waals surface area contributed by atoms with Gasteiger partial charge in [-0.25, -0.2) is 0 Å². The molecule has 1 unspecified atom stereocenters. The molecule has 0 bridgehead atoms. The minimum Gasteiger partial charge on any atom is -0.469 e. The minimum atomic E-state index is -0.384. The van der Waals surface area contributed by atoms with E-state index in [2.05, 4.69) is 4.74 Å². The van der Waals surface area contributed by atoms with Crippen LogP contribution in [0.25, 0.3) is 0 Å². The van der Waals surface area contributed by atoms with E-state index >= 15 is 0 Å². The Morgan fingerprint density at radius 2 is 2.20 bits per heavy atom. The van der Waals surface area contributed by atoms with Crippen LogP contribution < -0.4 is 0 Å². The minimum absolute atomic E-state index is 0.138. The topological polar surface area (TPSA) is 46.5 Å². The second-order valence-electron chi connectivity index (χ2n) is 3.35. The predicted molar refractivity (Wildman–Crippen MR) is 64.4 cm³/mol. The molecule has 0 aliphatic rings. The summed E-state index contributed by atoms with van der Waals surface area (Å²) in [6, 6.07) is 0. The molecule has 86 valence electrons. The van der Waals surface area contributed by atoms with Gasteiger partial charge in [-0.1, -0.05) is 12.7 Å². The van der Waals surface area contributed by atoms with E-state index in [1.54, 1.807) is 11.8 Å². The number of methoxy groups -OCH3 is 1. The number of aliphatic hydroxyl groups is 1. The number of hydrogen-bond acceptors (Lipinski definition) is 4. The first kappa shape index (κ1) is 14.8. The third-order valence-corrected chi connectivity index (χ3v) is 3.18. The molecule has 0 fully saturated rings. The fourth-order valence-electron chi connectivity index (χ4n) is 1.04. The number of ether oxygens (including phenoxy) is 1. The fraction of sp³-hybridized carbons (Fsp3) is 0.900. The van der Waals surface area contributed by atoms with Gasteiger partial charge >= 0.3 is 5.97 Å². The maximum Gasteiger partial charge on any atom is 0.305 e. The molecule has 0 saturated carbocycles. The monoisotopic (exact) mass is 230 g/mol. The third-order valence-electron chi connectivity index (χ3n) is 1.98. The number of thioether (sulfide) groups is 1. The van der Waals surface area contributed by atoms with Crippen LogP contribution in [0, 0.1) is 0 Å². The highest BCUT2D eigenvalue weighted by atomic mass is 32.2. The van der Waals surface area contributed by atoms with Crippen molar-refractivity contribution in [2.45, 2.75) is 38.1 Å². The van der Waals surface area contributed by atoms with Crippen molar-refractivity contribution >= 4 is 25.6 Å². The number of rotatable bonds is 9. The molecule has 0 aromatic carbocycles. The van der Waals surface area contributed by atoms with E-state index in [4.69, 9.17) is 13.0 Å². The van der Waals surface area contributed by atoms with Crippen LogP contribution in [0.3, 0.4) is 0 Å². The molecule has 15 heavy (non-hydrogen) atoms. The van der Waals surface area contributed by atoms with Crippen LogP contribution in [-0.4, -0.2) is 43.6 Å². The third kappa shape index (κ3) is 10.1. The van der Waals surface area contributed by atoms with Gasteiger partial charge in [0.1, 0.15) is 0 Å². The molecule has 1 N–H and O–H groups in total. The Hall–Kier alpha value is -0.155. The first-order chi connectivity index (χ1) is 7.20. The zero-order valence-electron chi connectivity index (χ0n) is 9.28. The molecule has 0 saturated heterocycles. The average molecular weight is 230 g/mol. The van der Waals surface area contributed by atoms with Crippen molar-refractivity contribution in [3.63, 3.8) is 0 Å². The van der Waals surface area contributed by atoms with Gasteiger partial charge in [0, 0.05) is 12.2 Å². The highest BCUT2D eigenvalue weighted by Crippen LogP contribution is 2.10. The molecule has 1 atom stereocenters. The van der Waals surface area contributed by atoms with Gasteiger partial charge < -0.3 is 9.84 Å². The molecular formula is C10H19BO3S. The number of unbranched alkanes of at least 4 members (excludes halogenated alkanes) is 2. The van der Waals surface area contributed by atoms with Crippen molar-refractivity contribution in [2.75, 3.05) is 18.6 Å². The normalized spacial score (nSPS) is 12.4. The molecule has 0 spiro atoms. The summed E-state index contributed by atoms with van der Waals surface area (Å²) in [5.74, 6) is 1.58. The fourth-order valence-corrected chi connectivity index (χ4v) is 2.02. The van der Waals surface area contributed by atoms with Crippen molar-refractivity contribution in [3.05, 3.63) is 0 Å². The SMILES string of the molecule is [B]CC(O)CSCCCCCC(=O)OC. The Kier molecular flexibility index (Phi) is 10.3. The van der Waals surface area contributed by atoms with Crippen molar-refractivity contribution in [1.82, 2.24) is 0 Å². The lowest BCUT2D eigenvalue weighted by atomic mass is 10.0. The number of aliphatic hydroxyl groups excluding tert-OH is 1. The highest BCUT2D eigenvalue weighted by molar-refractivity contribution is 7.99. The average Bonchev–Trinajstić information content (AvgIpc) is 2.26. The molecule has 0 aromatic rings. The number of hydrogen-bond donors (Lipinski definition) is 1. The second kappa shape index (κ2) is 10.4. The van der Waals surface area contributed by atoms with Crippen LogP contribution in [0.1, 0.15) is 25.7 Å². The van der Waals surface area contributed by atoms with Crippen LogP contribution in [0.15, 0.2) is 0 Å². The van der Waals surface area contributed by atoms with Gasteiger partial charge in [0.25, 0.3) is 0 Å². The summed E-state index contributed by atoms with van der Waals surface area (Å²) in [6.07, 6.45) is 3.43. The standard InChI is InChI=1S/C10H19BO3S/c1-14-10(13)5-3-2-4-6-15-8-9(12)7-11/h9,12H,2-8H2,1H3. The Morgan fingerprint density at radius 1 is 1.47 bits per heavy atom. The zero-order valence-corrected chi connectivity index (χ0v) is 10.1. The number of carbonyl (C=O) groups is 1. The van der Waals surface area contributed by atoms with Crippen LogP contribution >= 0.6 is 11.8 Å². The van der Waals surface area contributed by atoms with Gasteiger partial charge in [0.2, 0.25) is 0 Å². The highest BCUT2D eigenvalue weighted by Gasteiger charge is 2.01. The van der Waals surface area contributed by atoms with Crippen molar-refractivity contribution in [1.29, 1.82) is 0 Å². The summed E-state index contributed by atoms with van der Waals surface area (Å²) < 4.78 is 4.53. The van der Waals surface area contributed by atoms with Crippen LogP contribution in [-0.2, 0) is 9.53 Å². The van der Waals surface area contributed by atoms with Crippen molar-refractivity contribution in [2.24, 2.45) is 0 Å². The first-order valence-electron chi connectivity index (χ1n) is 5.23. The first-order valence-corrected chi connectivity index (χ1v) is 6.39. The van der Waals surface area contributed by atoms with E-state index in [1.807, 2.05) is 0 Å². The maximum atomic E-state index is 10.8. The summed E-state index contributed by atoms with van der Waals surface area (Å²) in [6.45, 7) is 0. The Labute approximate surface area is 97.4 Å². The molecule has 5 heteroatoms. The van der Waals surface area contributed by atoms with Crippen molar-refractivity contribution < 1.29 is 14.6 Å². The Balaban J connectivity index is 3.08. The summed E-state index contributed by atoms with van der Waals surface area (Å²) in [5, 5.41) is 9.16. The molecule has 0 aliphatic heterocycles. The summed E-state index contributed by atoms with van der Waals surface area (Å²) in [4.78, 5) is 10.8. The van der Waals surface area contributed by atoms with Crippen LogP contribution in [0.5, 0.6) is 0 Å². The number of carbonyl (C=O) groups excluding carboxylic acids is 1. The van der Waals surface area contributed by atoms with E-state index in [0.29, 0.717) is 18.5 Å². The molecular weight excluding hydrogens is 211 g/mol. The van der Waals surface area contributed by atoms with Gasteiger partial charge in [-0.2, -0.15) is 11.8 Å². The lowest BCUT2D eigenvalue weighted by molar-refractivity contribution is -0.140. The Bertz CT molecular complexity index is 167. The maximum absolute atomic E-state index is 10.8.